The number of H-pyrrole nitrogens is 1. The van der Waals surface area contributed by atoms with E-state index in [0.29, 0.717) is 6.54 Å². The molecule has 2 heterocycles. The Morgan fingerprint density at radius 3 is 2.80 bits per heavy atom. The van der Waals surface area contributed by atoms with Crippen molar-refractivity contribution >= 4 is 40.2 Å². The molecule has 0 bridgehead atoms. The minimum Gasteiger partial charge on any atom is -0.369 e. The number of aromatic amines is 1. The van der Waals surface area contributed by atoms with Gasteiger partial charge in [0.2, 0.25) is 0 Å². The Hall–Kier alpha value is -2.08. The topological polar surface area (TPSA) is 75.6 Å². The van der Waals surface area contributed by atoms with E-state index in [1.807, 2.05) is 19.1 Å². The Bertz CT molecular complexity index is 926. The van der Waals surface area contributed by atoms with Crippen LogP contribution in [0.1, 0.15) is 39.0 Å². The average molecular weight is 362 g/mol. The van der Waals surface area contributed by atoms with Crippen LogP contribution in [0.3, 0.4) is 0 Å². The summed E-state index contributed by atoms with van der Waals surface area (Å²) < 4.78 is 1.73. The summed E-state index contributed by atoms with van der Waals surface area (Å²) in [6, 6.07) is 3.96. The van der Waals surface area contributed by atoms with Crippen LogP contribution >= 0.6 is 12.4 Å². The summed E-state index contributed by atoms with van der Waals surface area (Å²) in [6.07, 6.45) is 8.23. The maximum absolute atomic E-state index is 12.0. The van der Waals surface area contributed by atoms with Gasteiger partial charge in [-0.1, -0.05) is 19.3 Å². The number of anilines is 1. The van der Waals surface area contributed by atoms with Crippen LogP contribution in [0.4, 0.5) is 5.82 Å². The molecule has 0 unspecified atom stereocenters. The van der Waals surface area contributed by atoms with Gasteiger partial charge in [-0.15, -0.1) is 12.4 Å². The summed E-state index contributed by atoms with van der Waals surface area (Å²) in [6.45, 7) is 3.56. The number of nitrogens with zero attached hydrogens (tertiary/aromatic N) is 3. The number of nitrogens with one attached hydrogen (secondary N) is 2. The highest BCUT2D eigenvalue weighted by Crippen LogP contribution is 2.27. The van der Waals surface area contributed by atoms with Crippen molar-refractivity contribution in [1.29, 1.82) is 0 Å². The maximum Gasteiger partial charge on any atom is 0.326 e. The van der Waals surface area contributed by atoms with E-state index in [9.17, 15) is 4.79 Å². The third kappa shape index (κ3) is 3.35. The predicted molar refractivity (Wildman–Crippen MR) is 104 cm³/mol. The normalized spacial score (nSPS) is 15.4. The number of aryl methyl sites for hydroxylation is 1. The molecule has 4 rings (SSSR count). The molecular weight excluding hydrogens is 338 g/mol. The standard InChI is InChI=1S/C18H23N5O.ClH/c1-2-23-16-9-14-13(8-15(16)22-18(23)24)17(21-11-20-14)19-10-12-6-4-3-5-7-12;/h8-9,11-12H,2-7,10H2,1H3,(H,22,24)(H,19,20,21);1H. The van der Waals surface area contributed by atoms with Crippen molar-refractivity contribution < 1.29 is 0 Å². The smallest absolute Gasteiger partial charge is 0.326 e. The lowest BCUT2D eigenvalue weighted by atomic mass is 9.89. The van der Waals surface area contributed by atoms with Crippen LogP contribution < -0.4 is 11.0 Å². The van der Waals surface area contributed by atoms with Gasteiger partial charge in [-0.2, -0.15) is 0 Å². The molecule has 1 saturated carbocycles. The van der Waals surface area contributed by atoms with Crippen molar-refractivity contribution in [2.45, 2.75) is 45.6 Å². The fourth-order valence-electron chi connectivity index (χ4n) is 3.79. The van der Waals surface area contributed by atoms with Gasteiger partial charge in [0.05, 0.1) is 16.6 Å². The Morgan fingerprint density at radius 2 is 2.04 bits per heavy atom. The molecule has 2 aromatic heterocycles. The zero-order valence-electron chi connectivity index (χ0n) is 14.4. The fourth-order valence-corrected chi connectivity index (χ4v) is 3.79. The minimum absolute atomic E-state index is 0. The summed E-state index contributed by atoms with van der Waals surface area (Å²) >= 11 is 0. The number of imidazole rings is 1. The molecule has 1 aliphatic rings. The second-order valence-electron chi connectivity index (χ2n) is 6.67. The van der Waals surface area contributed by atoms with Gasteiger partial charge in [0.15, 0.2) is 0 Å². The number of fused-ring (bicyclic) bond motifs is 2. The van der Waals surface area contributed by atoms with Crippen molar-refractivity contribution in [3.8, 4) is 0 Å². The second kappa shape index (κ2) is 7.44. The van der Waals surface area contributed by atoms with Crippen molar-refractivity contribution in [3.05, 3.63) is 28.9 Å². The number of aromatic nitrogens is 4. The van der Waals surface area contributed by atoms with Gasteiger partial charge in [-0.25, -0.2) is 14.8 Å². The van der Waals surface area contributed by atoms with E-state index >= 15 is 0 Å². The van der Waals surface area contributed by atoms with E-state index in [-0.39, 0.29) is 18.1 Å². The first-order chi connectivity index (χ1) is 11.8. The zero-order valence-corrected chi connectivity index (χ0v) is 15.2. The van der Waals surface area contributed by atoms with Crippen LogP contribution in [0.25, 0.3) is 21.9 Å². The van der Waals surface area contributed by atoms with Gasteiger partial charge < -0.3 is 10.3 Å². The van der Waals surface area contributed by atoms with Crippen molar-refractivity contribution in [3.63, 3.8) is 0 Å². The van der Waals surface area contributed by atoms with Gasteiger partial charge in [-0.05, 0) is 37.8 Å². The number of rotatable bonds is 4. The summed E-state index contributed by atoms with van der Waals surface area (Å²) in [4.78, 5) is 23.8. The highest BCUT2D eigenvalue weighted by molar-refractivity contribution is 5.98. The third-order valence-electron chi connectivity index (χ3n) is 5.13. The Kier molecular flexibility index (Phi) is 5.27. The fraction of sp³-hybridized carbons (Fsp3) is 0.500. The molecule has 0 saturated heterocycles. The van der Waals surface area contributed by atoms with E-state index in [0.717, 1.165) is 40.2 Å². The van der Waals surface area contributed by atoms with Gasteiger partial charge in [-0.3, -0.25) is 4.57 Å². The largest absolute Gasteiger partial charge is 0.369 e. The lowest BCUT2D eigenvalue weighted by molar-refractivity contribution is 0.373. The summed E-state index contributed by atoms with van der Waals surface area (Å²) in [5.41, 5.74) is 2.52. The molecule has 7 heteroatoms. The van der Waals surface area contributed by atoms with E-state index < -0.39 is 0 Å². The van der Waals surface area contributed by atoms with Crippen molar-refractivity contribution in [1.82, 2.24) is 19.5 Å². The highest BCUT2D eigenvalue weighted by atomic mass is 35.5. The molecule has 6 nitrogen and oxygen atoms in total. The molecule has 0 radical (unpaired) electrons. The first-order valence-electron chi connectivity index (χ1n) is 8.87. The molecular formula is C18H24ClN5O. The first kappa shape index (κ1) is 17.7. The number of benzene rings is 1. The van der Waals surface area contributed by atoms with Crippen LogP contribution in [0.5, 0.6) is 0 Å². The summed E-state index contributed by atoms with van der Waals surface area (Å²) in [5.74, 6) is 1.59. The lowest BCUT2D eigenvalue weighted by Gasteiger charge is -2.22. The molecule has 0 amide bonds. The van der Waals surface area contributed by atoms with Crippen molar-refractivity contribution in [2.24, 2.45) is 5.92 Å². The SMILES string of the molecule is CCn1c(=O)[nH]c2cc3c(NCC4CCCCC4)ncnc3cc21.Cl. The molecule has 1 aromatic carbocycles. The van der Waals surface area contributed by atoms with Gasteiger partial charge in [0, 0.05) is 18.5 Å². The zero-order chi connectivity index (χ0) is 16.5. The Labute approximate surface area is 152 Å². The quantitative estimate of drug-likeness (QED) is 0.742. The van der Waals surface area contributed by atoms with E-state index in [2.05, 4.69) is 20.3 Å². The van der Waals surface area contributed by atoms with Crippen LogP contribution in [-0.4, -0.2) is 26.1 Å². The molecule has 0 aliphatic heterocycles. The molecule has 0 spiro atoms. The number of halogens is 1. The minimum atomic E-state index is -0.0764. The molecule has 134 valence electrons. The van der Waals surface area contributed by atoms with Gasteiger partial charge in [0.1, 0.15) is 12.1 Å². The molecule has 0 atom stereocenters. The number of hydrogen-bond acceptors (Lipinski definition) is 4. The van der Waals surface area contributed by atoms with E-state index in [1.54, 1.807) is 10.9 Å². The molecule has 3 aromatic rings. The molecule has 1 fully saturated rings. The average Bonchev–Trinajstić information content (AvgIpc) is 2.93. The van der Waals surface area contributed by atoms with Crippen LogP contribution in [0.15, 0.2) is 23.3 Å². The maximum atomic E-state index is 12.0. The molecule has 2 N–H and O–H groups in total. The summed E-state index contributed by atoms with van der Waals surface area (Å²) in [5, 5.41) is 4.47. The summed E-state index contributed by atoms with van der Waals surface area (Å²) in [7, 11) is 0. The van der Waals surface area contributed by atoms with Crippen LogP contribution in [-0.2, 0) is 6.54 Å². The van der Waals surface area contributed by atoms with Gasteiger partial charge >= 0.3 is 5.69 Å². The second-order valence-corrected chi connectivity index (χ2v) is 6.67. The van der Waals surface area contributed by atoms with Gasteiger partial charge in [0.25, 0.3) is 0 Å². The Balaban J connectivity index is 0.00000182. The first-order valence-corrected chi connectivity index (χ1v) is 8.87. The molecule has 25 heavy (non-hydrogen) atoms. The van der Waals surface area contributed by atoms with Crippen LogP contribution in [0, 0.1) is 5.92 Å². The van der Waals surface area contributed by atoms with E-state index in [1.165, 1.54) is 32.1 Å². The highest BCUT2D eigenvalue weighted by Gasteiger charge is 2.15. The van der Waals surface area contributed by atoms with Crippen LogP contribution in [0.2, 0.25) is 0 Å². The number of hydrogen-bond donors (Lipinski definition) is 2. The third-order valence-corrected chi connectivity index (χ3v) is 5.13. The molecule has 1 aliphatic carbocycles. The lowest BCUT2D eigenvalue weighted by Crippen LogP contribution is -2.17. The van der Waals surface area contributed by atoms with E-state index in [4.69, 9.17) is 0 Å². The monoisotopic (exact) mass is 361 g/mol. The van der Waals surface area contributed by atoms with Crippen molar-refractivity contribution in [2.75, 3.05) is 11.9 Å². The predicted octanol–water partition coefficient (Wildman–Crippen LogP) is 3.71. The Morgan fingerprint density at radius 1 is 1.24 bits per heavy atom.